The zero-order chi connectivity index (χ0) is 9.97. The van der Waals surface area contributed by atoms with Crippen LogP contribution in [0.2, 0.25) is 0 Å². The summed E-state index contributed by atoms with van der Waals surface area (Å²) >= 11 is 3.65. The molecule has 0 radical (unpaired) electrons. The van der Waals surface area contributed by atoms with E-state index in [-0.39, 0.29) is 6.04 Å². The highest BCUT2D eigenvalue weighted by molar-refractivity contribution is 9.09. The molecule has 1 saturated heterocycles. The third kappa shape index (κ3) is 2.07. The molecule has 0 saturated carbocycles. The number of aromatic nitrogens is 1. The molecule has 2 heterocycles. The first-order valence-corrected chi connectivity index (χ1v) is 5.76. The first kappa shape index (κ1) is 9.93. The molecule has 76 valence electrons. The van der Waals surface area contributed by atoms with Crippen LogP contribution in [0.15, 0.2) is 24.4 Å². The highest BCUT2D eigenvalue weighted by Gasteiger charge is 2.24. The van der Waals surface area contributed by atoms with Crippen molar-refractivity contribution >= 4 is 21.7 Å². The number of nitrogens with two attached hydrogens (primary N) is 1. The molecule has 0 amide bonds. The predicted octanol–water partition coefficient (Wildman–Crippen LogP) is 1.73. The van der Waals surface area contributed by atoms with Gasteiger partial charge in [-0.1, -0.05) is 22.0 Å². The lowest BCUT2D eigenvalue weighted by Crippen LogP contribution is -2.46. The van der Waals surface area contributed by atoms with Crippen LogP contribution < -0.4 is 10.6 Å². The molecule has 2 N–H and O–H groups in total. The van der Waals surface area contributed by atoms with Gasteiger partial charge in [-0.3, -0.25) is 0 Å². The van der Waals surface area contributed by atoms with Crippen molar-refractivity contribution in [3.8, 4) is 0 Å². The van der Waals surface area contributed by atoms with Gasteiger partial charge in [-0.05, 0) is 25.0 Å². The second-order valence-corrected chi connectivity index (χ2v) is 4.67. The van der Waals surface area contributed by atoms with Crippen LogP contribution in [0.1, 0.15) is 12.8 Å². The minimum Gasteiger partial charge on any atom is -0.342 e. The summed E-state index contributed by atoms with van der Waals surface area (Å²) in [5.74, 6) is 1.00. The van der Waals surface area contributed by atoms with Crippen LogP contribution in [-0.4, -0.2) is 22.5 Å². The lowest BCUT2D eigenvalue weighted by molar-refractivity contribution is 0.487. The molecule has 2 atom stereocenters. The number of nitrogens with zero attached hydrogens (tertiary/aromatic N) is 2. The van der Waals surface area contributed by atoms with Crippen LogP contribution in [0.4, 0.5) is 5.82 Å². The second kappa shape index (κ2) is 4.28. The molecule has 4 heteroatoms. The Balaban J connectivity index is 2.16. The Kier molecular flexibility index (Phi) is 3.03. The Morgan fingerprint density at radius 1 is 1.43 bits per heavy atom. The smallest absolute Gasteiger partial charge is 0.129 e. The monoisotopic (exact) mass is 255 g/mol. The average Bonchev–Trinajstić information content (AvgIpc) is 2.23. The van der Waals surface area contributed by atoms with Gasteiger partial charge < -0.3 is 10.6 Å². The van der Waals surface area contributed by atoms with Gasteiger partial charge in [0.2, 0.25) is 0 Å². The van der Waals surface area contributed by atoms with Crippen molar-refractivity contribution in [3.63, 3.8) is 0 Å². The molecule has 1 aliphatic rings. The lowest BCUT2D eigenvalue weighted by Gasteiger charge is -2.36. The molecule has 2 rings (SSSR count). The molecule has 0 bridgehead atoms. The molecule has 2 unspecified atom stereocenters. The van der Waals surface area contributed by atoms with E-state index in [1.54, 1.807) is 0 Å². The summed E-state index contributed by atoms with van der Waals surface area (Å²) in [6, 6.07) is 6.22. The van der Waals surface area contributed by atoms with E-state index in [0.29, 0.717) is 4.95 Å². The molecule has 1 fully saturated rings. The fourth-order valence-electron chi connectivity index (χ4n) is 1.73. The molecule has 14 heavy (non-hydrogen) atoms. The van der Waals surface area contributed by atoms with Crippen LogP contribution >= 0.6 is 15.9 Å². The number of piperidine rings is 1. The summed E-state index contributed by atoms with van der Waals surface area (Å²) in [4.78, 5) is 6.92. The minimum absolute atomic E-state index is 0.269. The predicted molar refractivity (Wildman–Crippen MR) is 61.5 cm³/mol. The number of pyridine rings is 1. The number of alkyl halides is 1. The summed E-state index contributed by atoms with van der Waals surface area (Å²) in [5.41, 5.74) is 5.93. The van der Waals surface area contributed by atoms with Gasteiger partial charge >= 0.3 is 0 Å². The standard InChI is InChI=1S/C10H14BrN3/c11-9-5-4-8(12)7-14(9)10-3-1-2-6-13-10/h1-3,6,8-9H,4-5,7,12H2. The van der Waals surface area contributed by atoms with Crippen LogP contribution in [0.25, 0.3) is 0 Å². The highest BCUT2D eigenvalue weighted by atomic mass is 79.9. The van der Waals surface area contributed by atoms with Gasteiger partial charge in [-0.25, -0.2) is 4.98 Å². The normalized spacial score (nSPS) is 27.7. The molecule has 3 nitrogen and oxygen atoms in total. The van der Waals surface area contributed by atoms with E-state index in [0.717, 1.165) is 25.2 Å². The van der Waals surface area contributed by atoms with Crippen molar-refractivity contribution in [2.24, 2.45) is 5.73 Å². The van der Waals surface area contributed by atoms with Crippen molar-refractivity contribution in [1.29, 1.82) is 0 Å². The number of rotatable bonds is 1. The third-order valence-electron chi connectivity index (χ3n) is 2.49. The molecule has 1 aromatic rings. The number of halogens is 1. The molecular weight excluding hydrogens is 242 g/mol. The van der Waals surface area contributed by atoms with E-state index in [9.17, 15) is 0 Å². The molecule has 1 aliphatic heterocycles. The van der Waals surface area contributed by atoms with Gasteiger partial charge in [0, 0.05) is 18.8 Å². The van der Waals surface area contributed by atoms with Gasteiger partial charge in [-0.2, -0.15) is 0 Å². The second-order valence-electron chi connectivity index (χ2n) is 3.61. The molecule has 0 aromatic carbocycles. The van der Waals surface area contributed by atoms with E-state index in [4.69, 9.17) is 5.73 Å². The van der Waals surface area contributed by atoms with E-state index in [1.165, 1.54) is 0 Å². The largest absolute Gasteiger partial charge is 0.342 e. The van der Waals surface area contributed by atoms with E-state index >= 15 is 0 Å². The van der Waals surface area contributed by atoms with Crippen LogP contribution in [0, 0.1) is 0 Å². The number of hydrogen-bond acceptors (Lipinski definition) is 3. The minimum atomic E-state index is 0.269. The maximum absolute atomic E-state index is 5.93. The van der Waals surface area contributed by atoms with Gasteiger partial charge in [0.25, 0.3) is 0 Å². The van der Waals surface area contributed by atoms with Gasteiger partial charge in [0.15, 0.2) is 0 Å². The maximum Gasteiger partial charge on any atom is 0.129 e. The van der Waals surface area contributed by atoms with E-state index in [1.807, 2.05) is 24.4 Å². The first-order valence-electron chi connectivity index (χ1n) is 4.84. The molecular formula is C10H14BrN3. The number of hydrogen-bond donors (Lipinski definition) is 1. The Hall–Kier alpha value is -0.610. The summed E-state index contributed by atoms with van der Waals surface area (Å²) in [5, 5.41) is 0. The van der Waals surface area contributed by atoms with Crippen LogP contribution in [0.5, 0.6) is 0 Å². The van der Waals surface area contributed by atoms with Crippen molar-refractivity contribution in [2.75, 3.05) is 11.4 Å². The van der Waals surface area contributed by atoms with Crippen molar-refractivity contribution in [3.05, 3.63) is 24.4 Å². The van der Waals surface area contributed by atoms with Gasteiger partial charge in [0.1, 0.15) is 5.82 Å². The Labute approximate surface area is 92.4 Å². The maximum atomic E-state index is 5.93. The lowest BCUT2D eigenvalue weighted by atomic mass is 10.1. The van der Waals surface area contributed by atoms with Crippen LogP contribution in [-0.2, 0) is 0 Å². The zero-order valence-corrected chi connectivity index (χ0v) is 9.52. The van der Waals surface area contributed by atoms with Crippen molar-refractivity contribution in [1.82, 2.24) is 4.98 Å². The van der Waals surface area contributed by atoms with Crippen molar-refractivity contribution in [2.45, 2.75) is 23.8 Å². The summed E-state index contributed by atoms with van der Waals surface area (Å²) in [6.07, 6.45) is 3.98. The van der Waals surface area contributed by atoms with E-state index in [2.05, 4.69) is 25.8 Å². The summed E-state index contributed by atoms with van der Waals surface area (Å²) in [6.45, 7) is 0.882. The molecule has 0 spiro atoms. The van der Waals surface area contributed by atoms with Crippen molar-refractivity contribution < 1.29 is 0 Å². The van der Waals surface area contributed by atoms with Gasteiger partial charge in [-0.15, -0.1) is 0 Å². The quantitative estimate of drug-likeness (QED) is 0.614. The SMILES string of the molecule is NC1CCC(Br)N(c2ccccn2)C1. The fraction of sp³-hybridized carbons (Fsp3) is 0.500. The van der Waals surface area contributed by atoms with E-state index < -0.39 is 0 Å². The van der Waals surface area contributed by atoms with Gasteiger partial charge in [0.05, 0.1) is 4.95 Å². The highest BCUT2D eigenvalue weighted by Crippen LogP contribution is 2.25. The Bertz CT molecular complexity index is 291. The summed E-state index contributed by atoms with van der Waals surface area (Å²) in [7, 11) is 0. The Morgan fingerprint density at radius 2 is 2.29 bits per heavy atom. The number of anilines is 1. The topological polar surface area (TPSA) is 42.1 Å². The fourth-order valence-corrected chi connectivity index (χ4v) is 2.37. The van der Waals surface area contributed by atoms with Crippen LogP contribution in [0.3, 0.4) is 0 Å². The molecule has 0 aliphatic carbocycles. The molecule has 1 aromatic heterocycles. The zero-order valence-electron chi connectivity index (χ0n) is 7.94. The Morgan fingerprint density at radius 3 is 3.00 bits per heavy atom. The first-order chi connectivity index (χ1) is 6.77. The average molecular weight is 256 g/mol. The third-order valence-corrected chi connectivity index (χ3v) is 3.44. The summed E-state index contributed by atoms with van der Waals surface area (Å²) < 4.78 is 0.